The van der Waals surface area contributed by atoms with Gasteiger partial charge in [0.2, 0.25) is 10.0 Å². The van der Waals surface area contributed by atoms with Crippen LogP contribution < -0.4 is 15.4 Å². The Morgan fingerprint density at radius 1 is 1.03 bits per heavy atom. The van der Waals surface area contributed by atoms with Crippen molar-refractivity contribution in [3.63, 3.8) is 0 Å². The lowest BCUT2D eigenvalue weighted by Gasteiger charge is -2.15. The maximum Gasteiger partial charge on any atom is 0.216 e. The van der Waals surface area contributed by atoms with Gasteiger partial charge in [0.15, 0.2) is 5.96 Å². The molecule has 2 aromatic rings. The molecule has 0 heterocycles. The highest BCUT2D eigenvalue weighted by Crippen LogP contribution is 2.13. The quantitative estimate of drug-likeness (QED) is 0.415. The summed E-state index contributed by atoms with van der Waals surface area (Å²) in [6, 6.07) is 15.0. The third-order valence-corrected chi connectivity index (χ3v) is 5.78. The van der Waals surface area contributed by atoms with Crippen LogP contribution in [0.25, 0.3) is 0 Å². The van der Waals surface area contributed by atoms with Crippen LogP contribution in [0, 0.1) is 0 Å². The molecule has 0 saturated heterocycles. The van der Waals surface area contributed by atoms with Gasteiger partial charge in [-0.15, -0.1) is 0 Å². The van der Waals surface area contributed by atoms with Crippen molar-refractivity contribution in [1.82, 2.24) is 15.4 Å². The van der Waals surface area contributed by atoms with Gasteiger partial charge in [0, 0.05) is 24.2 Å². The van der Waals surface area contributed by atoms with Crippen LogP contribution in [0.5, 0.6) is 0 Å². The summed E-state index contributed by atoms with van der Waals surface area (Å²) < 4.78 is 27.2. The van der Waals surface area contributed by atoms with Gasteiger partial charge in [-0.25, -0.2) is 18.1 Å². The number of rotatable bonds is 9. The third kappa shape index (κ3) is 8.43. The van der Waals surface area contributed by atoms with E-state index in [1.54, 1.807) is 0 Å². The summed E-state index contributed by atoms with van der Waals surface area (Å²) in [6.45, 7) is 7.33. The van der Waals surface area contributed by atoms with E-state index in [9.17, 15) is 8.42 Å². The Morgan fingerprint density at radius 2 is 1.69 bits per heavy atom. The van der Waals surface area contributed by atoms with Crippen molar-refractivity contribution in [1.29, 1.82) is 0 Å². The van der Waals surface area contributed by atoms with Crippen LogP contribution in [-0.2, 0) is 28.9 Å². The van der Waals surface area contributed by atoms with Crippen LogP contribution in [0.15, 0.2) is 53.5 Å². The number of guanidine groups is 1. The predicted octanol–water partition coefficient (Wildman–Crippen LogP) is 3.42. The minimum Gasteiger partial charge on any atom is -0.357 e. The van der Waals surface area contributed by atoms with Crippen molar-refractivity contribution in [2.24, 2.45) is 4.99 Å². The van der Waals surface area contributed by atoms with Crippen molar-refractivity contribution in [2.45, 2.75) is 45.7 Å². The third-order valence-electron chi connectivity index (χ3n) is 4.00. The molecule has 0 saturated carbocycles. The first kappa shape index (κ1) is 23.2. The largest absolute Gasteiger partial charge is 0.357 e. The van der Waals surface area contributed by atoms with Gasteiger partial charge in [-0.2, -0.15) is 0 Å². The number of hydrogen-bond donors (Lipinski definition) is 3. The maximum atomic E-state index is 12.3. The molecule has 0 spiro atoms. The van der Waals surface area contributed by atoms with Crippen molar-refractivity contribution in [3.05, 3.63) is 70.2 Å². The highest BCUT2D eigenvalue weighted by Gasteiger charge is 2.15. The molecule has 0 amide bonds. The number of halogens is 1. The van der Waals surface area contributed by atoms with E-state index in [2.05, 4.69) is 20.3 Å². The summed E-state index contributed by atoms with van der Waals surface area (Å²) in [5, 5.41) is 7.19. The molecule has 158 valence electrons. The van der Waals surface area contributed by atoms with E-state index < -0.39 is 10.0 Å². The lowest BCUT2D eigenvalue weighted by Crippen LogP contribution is -2.37. The highest BCUT2D eigenvalue weighted by molar-refractivity contribution is 7.88. The number of nitrogens with zero attached hydrogens (tertiary/aromatic N) is 1. The van der Waals surface area contributed by atoms with E-state index in [-0.39, 0.29) is 11.8 Å². The highest BCUT2D eigenvalue weighted by atomic mass is 35.5. The Hall–Kier alpha value is -2.09. The second-order valence-electron chi connectivity index (χ2n) is 6.98. The van der Waals surface area contributed by atoms with E-state index in [1.165, 1.54) is 0 Å². The standard InChI is InChI=1S/C21H29ClN4O2S/c1-4-23-21(24-13-17-9-11-20(22)12-10-17)25-14-18-7-5-6-8-19(18)15-29(27,28)26-16(2)3/h5-12,16,26H,4,13-15H2,1-3H3,(H2,23,24,25). The maximum absolute atomic E-state index is 12.3. The molecular formula is C21H29ClN4O2S. The lowest BCUT2D eigenvalue weighted by atomic mass is 10.1. The Bertz CT molecular complexity index is 913. The molecule has 2 rings (SSSR count). The molecule has 0 aliphatic carbocycles. The Morgan fingerprint density at radius 3 is 2.31 bits per heavy atom. The minimum absolute atomic E-state index is 0.0541. The first-order chi connectivity index (χ1) is 13.8. The fraction of sp³-hybridized carbons (Fsp3) is 0.381. The molecule has 8 heteroatoms. The lowest BCUT2D eigenvalue weighted by molar-refractivity contribution is 0.568. The summed E-state index contributed by atoms with van der Waals surface area (Å²) in [4.78, 5) is 4.59. The molecule has 0 fully saturated rings. The second kappa shape index (κ2) is 11.2. The van der Waals surface area contributed by atoms with Crippen LogP contribution in [-0.4, -0.2) is 27.0 Å². The van der Waals surface area contributed by atoms with Crippen molar-refractivity contribution in [2.75, 3.05) is 6.54 Å². The van der Waals surface area contributed by atoms with Gasteiger partial charge >= 0.3 is 0 Å². The zero-order chi connectivity index (χ0) is 21.3. The van der Waals surface area contributed by atoms with Gasteiger partial charge in [-0.3, -0.25) is 0 Å². The Balaban J connectivity index is 2.07. The van der Waals surface area contributed by atoms with Gasteiger partial charge in [-0.05, 0) is 49.6 Å². The average Bonchev–Trinajstić information content (AvgIpc) is 2.65. The number of benzene rings is 2. The predicted molar refractivity (Wildman–Crippen MR) is 120 cm³/mol. The van der Waals surface area contributed by atoms with Crippen LogP contribution in [0.4, 0.5) is 0 Å². The van der Waals surface area contributed by atoms with E-state index in [0.29, 0.717) is 24.1 Å². The normalized spacial score (nSPS) is 12.2. The molecule has 29 heavy (non-hydrogen) atoms. The minimum atomic E-state index is -3.39. The molecule has 0 bridgehead atoms. The van der Waals surface area contributed by atoms with Crippen molar-refractivity contribution in [3.8, 4) is 0 Å². The fourth-order valence-corrected chi connectivity index (χ4v) is 4.38. The number of nitrogens with one attached hydrogen (secondary N) is 3. The molecule has 2 aromatic carbocycles. The van der Waals surface area contributed by atoms with Crippen molar-refractivity contribution < 1.29 is 8.42 Å². The van der Waals surface area contributed by atoms with Crippen LogP contribution in [0.2, 0.25) is 5.02 Å². The van der Waals surface area contributed by atoms with E-state index >= 15 is 0 Å². The Labute approximate surface area is 178 Å². The van der Waals surface area contributed by atoms with Crippen LogP contribution >= 0.6 is 11.6 Å². The van der Waals surface area contributed by atoms with Gasteiger partial charge in [-0.1, -0.05) is 48.0 Å². The summed E-state index contributed by atoms with van der Waals surface area (Å²) in [7, 11) is -3.39. The summed E-state index contributed by atoms with van der Waals surface area (Å²) in [5.41, 5.74) is 2.73. The first-order valence-corrected chi connectivity index (χ1v) is 11.7. The topological polar surface area (TPSA) is 82.6 Å². The van der Waals surface area contributed by atoms with Gasteiger partial charge in [0.05, 0.1) is 12.3 Å². The summed E-state index contributed by atoms with van der Waals surface area (Å²) >= 11 is 5.92. The zero-order valence-corrected chi connectivity index (χ0v) is 18.6. The summed E-state index contributed by atoms with van der Waals surface area (Å²) in [5.74, 6) is 0.613. The number of aliphatic imine (C=N–C) groups is 1. The zero-order valence-electron chi connectivity index (χ0n) is 17.1. The summed E-state index contributed by atoms with van der Waals surface area (Å²) in [6.07, 6.45) is 0. The molecule has 0 aliphatic heterocycles. The van der Waals surface area contributed by atoms with Crippen LogP contribution in [0.3, 0.4) is 0 Å². The smallest absolute Gasteiger partial charge is 0.216 e. The molecule has 6 nitrogen and oxygen atoms in total. The molecule has 0 aromatic heterocycles. The van der Waals surface area contributed by atoms with Gasteiger partial charge in [0.1, 0.15) is 0 Å². The second-order valence-corrected chi connectivity index (χ2v) is 9.17. The van der Waals surface area contributed by atoms with Gasteiger partial charge < -0.3 is 10.6 Å². The molecule has 0 aliphatic rings. The van der Waals surface area contributed by atoms with Crippen molar-refractivity contribution >= 4 is 27.6 Å². The molecule has 0 unspecified atom stereocenters. The van der Waals surface area contributed by atoms with E-state index in [1.807, 2.05) is 69.3 Å². The van der Waals surface area contributed by atoms with E-state index in [0.717, 1.165) is 23.2 Å². The average molecular weight is 437 g/mol. The van der Waals surface area contributed by atoms with Crippen LogP contribution in [0.1, 0.15) is 37.5 Å². The molecule has 0 radical (unpaired) electrons. The first-order valence-electron chi connectivity index (χ1n) is 9.62. The Kier molecular flexibility index (Phi) is 8.95. The van der Waals surface area contributed by atoms with Gasteiger partial charge in [0.25, 0.3) is 0 Å². The molecular weight excluding hydrogens is 408 g/mol. The number of sulfonamides is 1. The SMILES string of the molecule is CCNC(=NCc1ccc(Cl)cc1)NCc1ccccc1CS(=O)(=O)NC(C)C. The van der Waals surface area contributed by atoms with E-state index in [4.69, 9.17) is 11.6 Å². The monoisotopic (exact) mass is 436 g/mol. The molecule has 0 atom stereocenters. The fourth-order valence-electron chi connectivity index (χ4n) is 2.76. The number of hydrogen-bond acceptors (Lipinski definition) is 3. The molecule has 3 N–H and O–H groups in total.